The molecular formula is C13H13Cl2N3O2S. The Morgan fingerprint density at radius 2 is 1.76 bits per heavy atom. The highest BCUT2D eigenvalue weighted by molar-refractivity contribution is 7.89. The molecule has 5 nitrogen and oxygen atoms in total. The molecule has 0 aromatic heterocycles. The van der Waals surface area contributed by atoms with E-state index in [4.69, 9.17) is 34.1 Å². The van der Waals surface area contributed by atoms with Crippen molar-refractivity contribution in [2.45, 2.75) is 11.8 Å². The SMILES string of the molecule is Cc1c(Nc2cc(Cl)ccc2Cl)cc(N)cc1S(N)(=O)=O. The number of anilines is 3. The average Bonchev–Trinajstić information content (AvgIpc) is 2.36. The van der Waals surface area contributed by atoms with Crippen LogP contribution in [0.25, 0.3) is 0 Å². The van der Waals surface area contributed by atoms with Crippen molar-refractivity contribution in [1.29, 1.82) is 0 Å². The molecule has 0 amide bonds. The lowest BCUT2D eigenvalue weighted by molar-refractivity contribution is 0.597. The van der Waals surface area contributed by atoms with Gasteiger partial charge < -0.3 is 11.1 Å². The highest BCUT2D eigenvalue weighted by Gasteiger charge is 2.16. The summed E-state index contributed by atoms with van der Waals surface area (Å²) in [6, 6.07) is 7.82. The van der Waals surface area contributed by atoms with Crippen LogP contribution in [0.2, 0.25) is 10.0 Å². The van der Waals surface area contributed by atoms with E-state index in [1.54, 1.807) is 31.2 Å². The third-order valence-electron chi connectivity index (χ3n) is 2.89. The van der Waals surface area contributed by atoms with Gasteiger partial charge in [0.25, 0.3) is 0 Å². The third kappa shape index (κ3) is 3.59. The minimum atomic E-state index is -3.87. The van der Waals surface area contributed by atoms with Gasteiger partial charge in [0.2, 0.25) is 10.0 Å². The Morgan fingerprint density at radius 3 is 2.38 bits per heavy atom. The number of nitrogens with one attached hydrogen (secondary N) is 1. The molecule has 0 radical (unpaired) electrons. The fraction of sp³-hybridized carbons (Fsp3) is 0.0769. The van der Waals surface area contributed by atoms with Gasteiger partial charge in [-0.3, -0.25) is 0 Å². The lowest BCUT2D eigenvalue weighted by Gasteiger charge is -2.15. The van der Waals surface area contributed by atoms with E-state index in [2.05, 4.69) is 5.32 Å². The minimum absolute atomic E-state index is 0.0387. The van der Waals surface area contributed by atoms with E-state index in [1.165, 1.54) is 6.07 Å². The molecule has 0 heterocycles. The maximum Gasteiger partial charge on any atom is 0.238 e. The van der Waals surface area contributed by atoms with Crippen molar-refractivity contribution in [3.8, 4) is 0 Å². The smallest absolute Gasteiger partial charge is 0.238 e. The molecule has 112 valence electrons. The van der Waals surface area contributed by atoms with Crippen LogP contribution in [0.3, 0.4) is 0 Å². The van der Waals surface area contributed by atoms with Gasteiger partial charge in [0.1, 0.15) is 0 Å². The molecule has 0 saturated heterocycles. The number of sulfonamides is 1. The maximum atomic E-state index is 11.6. The molecule has 0 aliphatic carbocycles. The van der Waals surface area contributed by atoms with Crippen LogP contribution >= 0.6 is 23.2 Å². The van der Waals surface area contributed by atoms with Crippen molar-refractivity contribution >= 4 is 50.3 Å². The average molecular weight is 346 g/mol. The molecule has 0 aliphatic rings. The molecule has 0 aliphatic heterocycles. The monoisotopic (exact) mass is 345 g/mol. The zero-order chi connectivity index (χ0) is 15.8. The summed E-state index contributed by atoms with van der Waals surface area (Å²) in [4.78, 5) is -0.0387. The molecule has 5 N–H and O–H groups in total. The summed E-state index contributed by atoms with van der Waals surface area (Å²) in [5.41, 5.74) is 7.47. The highest BCUT2D eigenvalue weighted by atomic mass is 35.5. The van der Waals surface area contributed by atoms with E-state index in [-0.39, 0.29) is 10.6 Å². The summed E-state index contributed by atoms with van der Waals surface area (Å²) in [7, 11) is -3.87. The Labute approximate surface area is 132 Å². The Balaban J connectivity index is 2.55. The van der Waals surface area contributed by atoms with Gasteiger partial charge in [0.05, 0.1) is 15.6 Å². The van der Waals surface area contributed by atoms with Crippen molar-refractivity contribution in [3.63, 3.8) is 0 Å². The fourth-order valence-electron chi connectivity index (χ4n) is 1.87. The van der Waals surface area contributed by atoms with Crippen LogP contribution in [-0.2, 0) is 10.0 Å². The van der Waals surface area contributed by atoms with Crippen LogP contribution < -0.4 is 16.2 Å². The quantitative estimate of drug-likeness (QED) is 0.743. The van der Waals surface area contributed by atoms with Crippen molar-refractivity contribution in [2.75, 3.05) is 11.1 Å². The Hall–Kier alpha value is -1.47. The van der Waals surface area contributed by atoms with Crippen molar-refractivity contribution in [3.05, 3.63) is 45.9 Å². The van der Waals surface area contributed by atoms with Gasteiger partial charge in [-0.25, -0.2) is 13.6 Å². The number of nitrogen functional groups attached to an aromatic ring is 1. The first-order valence-electron chi connectivity index (χ1n) is 5.83. The second-order valence-electron chi connectivity index (χ2n) is 4.49. The van der Waals surface area contributed by atoms with Gasteiger partial charge in [0, 0.05) is 16.4 Å². The van der Waals surface area contributed by atoms with Crippen LogP contribution in [0.1, 0.15) is 5.56 Å². The summed E-state index contributed by atoms with van der Waals surface area (Å²) >= 11 is 12.0. The van der Waals surface area contributed by atoms with Crippen molar-refractivity contribution in [1.82, 2.24) is 0 Å². The van der Waals surface area contributed by atoms with Gasteiger partial charge in [0.15, 0.2) is 0 Å². The summed E-state index contributed by atoms with van der Waals surface area (Å²) in [5, 5.41) is 9.14. The number of nitrogens with two attached hydrogens (primary N) is 2. The largest absolute Gasteiger partial charge is 0.399 e. The zero-order valence-electron chi connectivity index (χ0n) is 11.0. The van der Waals surface area contributed by atoms with E-state index in [9.17, 15) is 8.42 Å². The van der Waals surface area contributed by atoms with Crippen LogP contribution in [0.5, 0.6) is 0 Å². The summed E-state index contributed by atoms with van der Waals surface area (Å²) < 4.78 is 23.2. The van der Waals surface area contributed by atoms with Gasteiger partial charge in [-0.1, -0.05) is 23.2 Å². The third-order valence-corrected chi connectivity index (χ3v) is 4.49. The second kappa shape index (κ2) is 5.73. The van der Waals surface area contributed by atoms with E-state index >= 15 is 0 Å². The molecule has 0 atom stereocenters. The van der Waals surface area contributed by atoms with Crippen molar-refractivity contribution < 1.29 is 8.42 Å². The number of halogens is 2. The number of hydrogen-bond acceptors (Lipinski definition) is 4. The molecular weight excluding hydrogens is 333 g/mol. The van der Waals surface area contributed by atoms with Gasteiger partial charge in [-0.2, -0.15) is 0 Å². The predicted octanol–water partition coefficient (Wildman–Crippen LogP) is 3.28. The lowest BCUT2D eigenvalue weighted by atomic mass is 10.1. The normalized spacial score (nSPS) is 11.4. The molecule has 2 aromatic rings. The molecule has 0 spiro atoms. The number of benzene rings is 2. The van der Waals surface area contributed by atoms with Crippen LogP contribution in [0, 0.1) is 6.92 Å². The number of rotatable bonds is 3. The first-order chi connectivity index (χ1) is 9.68. The summed E-state index contributed by atoms with van der Waals surface area (Å²) in [6.07, 6.45) is 0. The van der Waals surface area contributed by atoms with Crippen LogP contribution in [0.4, 0.5) is 17.1 Å². The topological polar surface area (TPSA) is 98.2 Å². The van der Waals surface area contributed by atoms with E-state index in [1.807, 2.05) is 0 Å². The minimum Gasteiger partial charge on any atom is -0.399 e. The molecule has 8 heteroatoms. The second-order valence-corrected chi connectivity index (χ2v) is 6.86. The molecule has 21 heavy (non-hydrogen) atoms. The first kappa shape index (κ1) is 15.9. The molecule has 0 fully saturated rings. The fourth-order valence-corrected chi connectivity index (χ4v) is 3.05. The van der Waals surface area contributed by atoms with Crippen LogP contribution in [0.15, 0.2) is 35.2 Å². The molecule has 0 bridgehead atoms. The Kier molecular flexibility index (Phi) is 4.34. The van der Waals surface area contributed by atoms with E-state index in [0.717, 1.165) is 0 Å². The van der Waals surface area contributed by atoms with Crippen molar-refractivity contribution in [2.24, 2.45) is 5.14 Å². The molecule has 2 rings (SSSR count). The van der Waals surface area contributed by atoms with E-state index in [0.29, 0.717) is 27.0 Å². The lowest BCUT2D eigenvalue weighted by Crippen LogP contribution is -2.15. The molecule has 2 aromatic carbocycles. The molecule has 0 unspecified atom stereocenters. The van der Waals surface area contributed by atoms with Gasteiger partial charge >= 0.3 is 0 Å². The highest BCUT2D eigenvalue weighted by Crippen LogP contribution is 2.32. The van der Waals surface area contributed by atoms with Gasteiger partial charge in [-0.05, 0) is 42.8 Å². The summed E-state index contributed by atoms with van der Waals surface area (Å²) in [6.45, 7) is 1.62. The number of primary sulfonamides is 1. The Bertz CT molecular complexity index is 807. The first-order valence-corrected chi connectivity index (χ1v) is 8.13. The maximum absolute atomic E-state index is 11.6. The number of hydrogen-bond donors (Lipinski definition) is 3. The van der Waals surface area contributed by atoms with Gasteiger partial charge in [-0.15, -0.1) is 0 Å². The zero-order valence-corrected chi connectivity index (χ0v) is 13.4. The Morgan fingerprint density at radius 1 is 1.10 bits per heavy atom. The molecule has 0 saturated carbocycles. The standard InChI is InChI=1S/C13H13Cl2N3O2S/c1-7-11(5-9(16)6-13(7)21(17,19)20)18-12-4-8(14)2-3-10(12)15/h2-6,18H,16H2,1H3,(H2,17,19,20). The van der Waals surface area contributed by atoms with E-state index < -0.39 is 10.0 Å². The predicted molar refractivity (Wildman–Crippen MR) is 86.7 cm³/mol. The van der Waals surface area contributed by atoms with Crippen LogP contribution in [-0.4, -0.2) is 8.42 Å². The summed E-state index contributed by atoms with van der Waals surface area (Å²) in [5.74, 6) is 0.